The van der Waals surface area contributed by atoms with Crippen molar-refractivity contribution >= 4 is 17.8 Å². The van der Waals surface area contributed by atoms with Gasteiger partial charge >= 0.3 is 11.9 Å². The Labute approximate surface area is 177 Å². The van der Waals surface area contributed by atoms with Crippen LogP contribution in [0.25, 0.3) is 0 Å². The number of halogens is 1. The Balaban J connectivity index is 1.73. The molecule has 8 nitrogen and oxygen atoms in total. The van der Waals surface area contributed by atoms with E-state index >= 15 is 4.39 Å². The van der Waals surface area contributed by atoms with Gasteiger partial charge in [-0.2, -0.15) is 0 Å². The molecular weight excluding hydrogens is 409 g/mol. The average Bonchev–Trinajstić information content (AvgIpc) is 2.78. The fraction of sp³-hybridized carbons (Fsp3) is 0.318. The van der Waals surface area contributed by atoms with Crippen LogP contribution in [0.15, 0.2) is 60.7 Å². The summed E-state index contributed by atoms with van der Waals surface area (Å²) in [6.07, 6.45) is -6.66. The van der Waals surface area contributed by atoms with Crippen LogP contribution in [-0.2, 0) is 19.0 Å². The first-order valence-corrected chi connectivity index (χ1v) is 9.59. The molecule has 1 fully saturated rings. The van der Waals surface area contributed by atoms with Gasteiger partial charge in [-0.15, -0.1) is 0 Å². The molecule has 2 aromatic rings. The third-order valence-corrected chi connectivity index (χ3v) is 4.66. The summed E-state index contributed by atoms with van der Waals surface area (Å²) in [5.41, 5.74) is 0.432. The number of rotatable bonds is 6. The number of aliphatic hydroxyl groups is 1. The van der Waals surface area contributed by atoms with Crippen molar-refractivity contribution in [1.29, 1.82) is 0 Å². The number of esters is 2. The predicted octanol–water partition coefficient (Wildman–Crippen LogP) is 1.63. The van der Waals surface area contributed by atoms with Gasteiger partial charge in [0.25, 0.3) is 0 Å². The highest BCUT2D eigenvalue weighted by molar-refractivity contribution is 5.90. The first-order valence-electron chi connectivity index (χ1n) is 9.59. The maximum Gasteiger partial charge on any atom is 0.338 e. The lowest BCUT2D eigenvalue weighted by atomic mass is 9.97. The molecule has 1 heterocycles. The third-order valence-electron chi connectivity index (χ3n) is 4.66. The number of alkyl halides is 1. The van der Waals surface area contributed by atoms with Crippen LogP contribution >= 0.6 is 0 Å². The summed E-state index contributed by atoms with van der Waals surface area (Å²) >= 11 is 0. The van der Waals surface area contributed by atoms with Crippen molar-refractivity contribution in [1.82, 2.24) is 5.32 Å². The van der Waals surface area contributed by atoms with E-state index in [1.165, 1.54) is 31.2 Å². The zero-order chi connectivity index (χ0) is 22.4. The molecule has 1 amide bonds. The number of hydrogen-bond acceptors (Lipinski definition) is 7. The lowest BCUT2D eigenvalue weighted by Crippen LogP contribution is -2.64. The summed E-state index contributed by atoms with van der Waals surface area (Å²) in [6.45, 7) is 0.641. The summed E-state index contributed by atoms with van der Waals surface area (Å²) in [5.74, 6) is -2.11. The smallest absolute Gasteiger partial charge is 0.338 e. The molecule has 0 aromatic heterocycles. The standard InChI is InChI=1S/C22H22FNO7/c1-13(25)24-18-19(31-21(27)15-10-6-3-7-11-15)17(23)16(30-22(18)28)12-29-20(26)14-8-4-2-5-9-14/h2-11,16-19,22,28H,12H2,1H3,(H,24,25)/t16-,17-,18-,19+,22?/m1/s1. The van der Waals surface area contributed by atoms with Crippen molar-refractivity contribution in [3.05, 3.63) is 71.8 Å². The number of carbonyl (C=O) groups is 3. The highest BCUT2D eigenvalue weighted by atomic mass is 19.1. The molecule has 0 bridgehead atoms. The van der Waals surface area contributed by atoms with Gasteiger partial charge in [0.1, 0.15) is 18.8 Å². The molecule has 9 heteroatoms. The quantitative estimate of drug-likeness (QED) is 0.669. The Morgan fingerprint density at radius 1 is 1.00 bits per heavy atom. The summed E-state index contributed by atoms with van der Waals surface area (Å²) in [4.78, 5) is 36.1. The molecule has 5 atom stereocenters. The van der Waals surface area contributed by atoms with Crippen molar-refractivity contribution in [3.8, 4) is 0 Å². The van der Waals surface area contributed by atoms with E-state index in [1.54, 1.807) is 36.4 Å². The van der Waals surface area contributed by atoms with Crippen molar-refractivity contribution in [2.45, 2.75) is 37.6 Å². The van der Waals surface area contributed by atoms with Crippen molar-refractivity contribution in [2.75, 3.05) is 6.61 Å². The minimum atomic E-state index is -1.99. The van der Waals surface area contributed by atoms with Crippen LogP contribution in [0.4, 0.5) is 4.39 Å². The van der Waals surface area contributed by atoms with Gasteiger partial charge in [0.15, 0.2) is 18.6 Å². The second kappa shape index (κ2) is 10.1. The molecule has 2 aromatic carbocycles. The van der Waals surface area contributed by atoms with Gasteiger partial charge in [-0.25, -0.2) is 14.0 Å². The number of ether oxygens (including phenoxy) is 3. The molecule has 2 N–H and O–H groups in total. The fourth-order valence-electron chi connectivity index (χ4n) is 3.15. The summed E-state index contributed by atoms with van der Waals surface area (Å²) in [5, 5.41) is 12.6. The molecule has 1 saturated heterocycles. The van der Waals surface area contributed by atoms with Crippen molar-refractivity contribution in [3.63, 3.8) is 0 Å². The zero-order valence-electron chi connectivity index (χ0n) is 16.6. The second-order valence-electron chi connectivity index (χ2n) is 6.94. The number of nitrogens with one attached hydrogen (secondary N) is 1. The van der Waals surface area contributed by atoms with Gasteiger partial charge in [-0.3, -0.25) is 4.79 Å². The summed E-state index contributed by atoms with van der Waals surface area (Å²) in [6, 6.07) is 14.6. The van der Waals surface area contributed by atoms with E-state index in [4.69, 9.17) is 14.2 Å². The van der Waals surface area contributed by atoms with Crippen LogP contribution in [0, 0.1) is 0 Å². The van der Waals surface area contributed by atoms with Gasteiger partial charge in [0.2, 0.25) is 5.91 Å². The van der Waals surface area contributed by atoms with E-state index in [0.717, 1.165) is 0 Å². The Morgan fingerprint density at radius 2 is 1.55 bits per heavy atom. The van der Waals surface area contributed by atoms with Gasteiger partial charge in [-0.1, -0.05) is 36.4 Å². The minimum Gasteiger partial charge on any atom is -0.459 e. The van der Waals surface area contributed by atoms with E-state index in [1.807, 2.05) is 0 Å². The molecule has 31 heavy (non-hydrogen) atoms. The van der Waals surface area contributed by atoms with Crippen LogP contribution in [0.3, 0.4) is 0 Å². The first kappa shape index (κ1) is 22.4. The van der Waals surface area contributed by atoms with Crippen LogP contribution in [0.1, 0.15) is 27.6 Å². The molecule has 0 saturated carbocycles. The molecule has 164 valence electrons. The molecule has 1 unspecified atom stereocenters. The summed E-state index contributed by atoms with van der Waals surface area (Å²) < 4.78 is 30.9. The summed E-state index contributed by atoms with van der Waals surface area (Å²) in [7, 11) is 0. The minimum absolute atomic E-state index is 0.171. The first-order chi connectivity index (χ1) is 14.9. The van der Waals surface area contributed by atoms with E-state index in [-0.39, 0.29) is 11.1 Å². The second-order valence-corrected chi connectivity index (χ2v) is 6.94. The average molecular weight is 431 g/mol. The zero-order valence-corrected chi connectivity index (χ0v) is 16.6. The van der Waals surface area contributed by atoms with Gasteiger partial charge < -0.3 is 24.6 Å². The monoisotopic (exact) mass is 431 g/mol. The Bertz CT molecular complexity index is 909. The van der Waals surface area contributed by atoms with E-state index < -0.39 is 55.2 Å². The van der Waals surface area contributed by atoms with Crippen molar-refractivity contribution in [2.24, 2.45) is 0 Å². The van der Waals surface area contributed by atoms with Crippen LogP contribution in [0.5, 0.6) is 0 Å². The van der Waals surface area contributed by atoms with Gasteiger partial charge in [0, 0.05) is 6.92 Å². The lowest BCUT2D eigenvalue weighted by Gasteiger charge is -2.41. The molecule has 3 rings (SSSR count). The molecule has 0 spiro atoms. The highest BCUT2D eigenvalue weighted by Gasteiger charge is 2.49. The SMILES string of the molecule is CC(=O)N[C@H]1C(O)O[C@H](COC(=O)c2ccccc2)[C@@H](F)[C@@H]1OC(=O)c1ccccc1. The third kappa shape index (κ3) is 5.65. The van der Waals surface area contributed by atoms with Gasteiger partial charge in [0.05, 0.1) is 11.1 Å². The number of carbonyl (C=O) groups excluding carboxylic acids is 3. The fourth-order valence-corrected chi connectivity index (χ4v) is 3.15. The Hall–Kier alpha value is -3.30. The molecule has 0 aliphatic carbocycles. The molecule has 1 aliphatic rings. The number of amides is 1. The van der Waals surface area contributed by atoms with Crippen LogP contribution in [0.2, 0.25) is 0 Å². The number of aliphatic hydroxyl groups excluding tert-OH is 1. The van der Waals surface area contributed by atoms with Gasteiger partial charge in [-0.05, 0) is 24.3 Å². The largest absolute Gasteiger partial charge is 0.459 e. The normalized spacial score (nSPS) is 25.3. The number of hydrogen-bond donors (Lipinski definition) is 2. The van der Waals surface area contributed by atoms with Crippen molar-refractivity contribution < 1.29 is 38.1 Å². The topological polar surface area (TPSA) is 111 Å². The molecule has 1 aliphatic heterocycles. The molecular formula is C22H22FNO7. The Kier molecular flexibility index (Phi) is 7.32. The van der Waals surface area contributed by atoms with E-state index in [9.17, 15) is 19.5 Å². The maximum atomic E-state index is 15.3. The van der Waals surface area contributed by atoms with E-state index in [2.05, 4.69) is 5.32 Å². The maximum absolute atomic E-state index is 15.3. The van der Waals surface area contributed by atoms with Crippen LogP contribution < -0.4 is 5.32 Å². The molecule has 0 radical (unpaired) electrons. The predicted molar refractivity (Wildman–Crippen MR) is 106 cm³/mol. The Morgan fingerprint density at radius 3 is 2.10 bits per heavy atom. The lowest BCUT2D eigenvalue weighted by molar-refractivity contribution is -0.240. The number of benzene rings is 2. The van der Waals surface area contributed by atoms with E-state index in [0.29, 0.717) is 0 Å². The van der Waals surface area contributed by atoms with Crippen LogP contribution in [-0.4, -0.2) is 60.3 Å². The highest BCUT2D eigenvalue weighted by Crippen LogP contribution is 2.26.